The molecule has 8 heteroatoms. The van der Waals surface area contributed by atoms with Gasteiger partial charge in [0.25, 0.3) is 0 Å². The van der Waals surface area contributed by atoms with E-state index in [0.29, 0.717) is 23.9 Å². The van der Waals surface area contributed by atoms with Crippen molar-refractivity contribution in [2.75, 3.05) is 18.5 Å². The first-order chi connectivity index (χ1) is 14.6. The monoisotopic (exact) mass is 422 g/mol. The van der Waals surface area contributed by atoms with Gasteiger partial charge in [0.15, 0.2) is 4.88 Å². The minimum atomic E-state index is -1.00. The predicted molar refractivity (Wildman–Crippen MR) is 119 cm³/mol. The van der Waals surface area contributed by atoms with Crippen LogP contribution in [0.25, 0.3) is 21.5 Å². The molecule has 4 rings (SSSR count). The van der Waals surface area contributed by atoms with Crippen LogP contribution in [0.3, 0.4) is 0 Å². The number of ether oxygens (including phenoxy) is 1. The molecule has 0 aliphatic heterocycles. The molecule has 2 N–H and O–H groups in total. The van der Waals surface area contributed by atoms with Crippen molar-refractivity contribution in [1.82, 2.24) is 14.5 Å². The summed E-state index contributed by atoms with van der Waals surface area (Å²) < 4.78 is 7.59. The lowest BCUT2D eigenvalue weighted by molar-refractivity contribution is 0.0698. The Morgan fingerprint density at radius 3 is 2.93 bits per heavy atom. The van der Waals surface area contributed by atoms with Crippen LogP contribution in [0.5, 0.6) is 5.75 Å². The van der Waals surface area contributed by atoms with Crippen LogP contribution in [0.1, 0.15) is 22.2 Å². The van der Waals surface area contributed by atoms with Gasteiger partial charge in [0.2, 0.25) is 0 Å². The standard InChI is InChI=1S/C22H22N4O3S/c1-3-29-17-12-18(30-21(17)22(27)28)16-11-19(25-13-24-16)23-9-7-14-5-4-6-15-8-10-26(2)20(14)15/h4-6,8,10-13H,3,7,9H2,1-2H3,(H,27,28)(H,23,24,25). The lowest BCUT2D eigenvalue weighted by Crippen LogP contribution is -2.07. The van der Waals surface area contributed by atoms with Gasteiger partial charge < -0.3 is 19.7 Å². The molecule has 0 radical (unpaired) electrons. The van der Waals surface area contributed by atoms with Crippen LogP contribution in [0.4, 0.5) is 5.82 Å². The van der Waals surface area contributed by atoms with E-state index >= 15 is 0 Å². The van der Waals surface area contributed by atoms with Crippen LogP contribution < -0.4 is 10.1 Å². The average Bonchev–Trinajstić information content (AvgIpc) is 3.33. The fourth-order valence-corrected chi connectivity index (χ4v) is 4.38. The molecular weight excluding hydrogens is 400 g/mol. The number of fused-ring (bicyclic) bond motifs is 1. The molecule has 30 heavy (non-hydrogen) atoms. The van der Waals surface area contributed by atoms with Crippen LogP contribution in [-0.2, 0) is 13.5 Å². The Bertz CT molecular complexity index is 1200. The van der Waals surface area contributed by atoms with E-state index < -0.39 is 5.97 Å². The molecule has 0 amide bonds. The molecule has 1 aromatic carbocycles. The summed E-state index contributed by atoms with van der Waals surface area (Å²) in [5.41, 5.74) is 3.17. The van der Waals surface area contributed by atoms with Crippen molar-refractivity contribution in [3.8, 4) is 16.3 Å². The SMILES string of the molecule is CCOc1cc(-c2cc(NCCc3cccc4ccn(C)c34)ncn2)sc1C(=O)O. The van der Waals surface area contributed by atoms with E-state index in [-0.39, 0.29) is 4.88 Å². The highest BCUT2D eigenvalue weighted by atomic mass is 32.1. The number of carboxylic acids is 1. The van der Waals surface area contributed by atoms with Crippen molar-refractivity contribution in [3.63, 3.8) is 0 Å². The summed E-state index contributed by atoms with van der Waals surface area (Å²) in [7, 11) is 2.05. The minimum absolute atomic E-state index is 0.177. The lowest BCUT2D eigenvalue weighted by atomic mass is 10.1. The molecule has 0 fully saturated rings. The Morgan fingerprint density at radius 1 is 1.27 bits per heavy atom. The second kappa shape index (κ2) is 8.54. The molecule has 0 aliphatic rings. The first kappa shape index (κ1) is 19.9. The largest absolute Gasteiger partial charge is 0.492 e. The summed E-state index contributed by atoms with van der Waals surface area (Å²) in [4.78, 5) is 21.0. The molecule has 4 aromatic rings. The Morgan fingerprint density at radius 2 is 2.13 bits per heavy atom. The van der Waals surface area contributed by atoms with Gasteiger partial charge in [-0.1, -0.05) is 18.2 Å². The fourth-order valence-electron chi connectivity index (χ4n) is 3.47. The van der Waals surface area contributed by atoms with E-state index in [9.17, 15) is 9.90 Å². The van der Waals surface area contributed by atoms with Crippen molar-refractivity contribution in [1.29, 1.82) is 0 Å². The molecule has 0 spiro atoms. The molecule has 0 saturated heterocycles. The molecule has 3 heterocycles. The zero-order valence-corrected chi connectivity index (χ0v) is 17.6. The van der Waals surface area contributed by atoms with Crippen molar-refractivity contribution < 1.29 is 14.6 Å². The highest BCUT2D eigenvalue weighted by Crippen LogP contribution is 2.36. The number of carboxylic acid groups (broad SMARTS) is 1. The summed E-state index contributed by atoms with van der Waals surface area (Å²) in [6.45, 7) is 2.95. The number of rotatable bonds is 8. The Balaban J connectivity index is 1.49. The van der Waals surface area contributed by atoms with E-state index in [1.165, 1.54) is 22.8 Å². The number of hydrogen-bond donors (Lipinski definition) is 2. The number of carbonyl (C=O) groups is 1. The number of benzene rings is 1. The van der Waals surface area contributed by atoms with Gasteiger partial charge >= 0.3 is 5.97 Å². The molecule has 0 saturated carbocycles. The van der Waals surface area contributed by atoms with Crippen molar-refractivity contribution >= 4 is 34.0 Å². The Hall–Kier alpha value is -3.39. The van der Waals surface area contributed by atoms with Gasteiger partial charge in [0.1, 0.15) is 17.9 Å². The molecule has 0 unspecified atom stereocenters. The van der Waals surface area contributed by atoms with Gasteiger partial charge in [-0.25, -0.2) is 14.8 Å². The Kier molecular flexibility index (Phi) is 5.67. The van der Waals surface area contributed by atoms with Crippen LogP contribution in [0.2, 0.25) is 0 Å². The third kappa shape index (κ3) is 3.99. The van der Waals surface area contributed by atoms with Gasteiger partial charge in [-0.05, 0) is 30.4 Å². The fraction of sp³-hybridized carbons (Fsp3) is 0.227. The number of aromatic carboxylic acids is 1. The molecule has 3 aromatic heterocycles. The maximum atomic E-state index is 11.5. The molecule has 0 bridgehead atoms. The first-order valence-corrected chi connectivity index (χ1v) is 10.5. The number of anilines is 1. The van der Waals surface area contributed by atoms with E-state index in [4.69, 9.17) is 4.74 Å². The van der Waals surface area contributed by atoms with E-state index in [0.717, 1.165) is 29.2 Å². The van der Waals surface area contributed by atoms with Crippen LogP contribution in [0, 0.1) is 0 Å². The van der Waals surface area contributed by atoms with E-state index in [1.54, 1.807) is 6.07 Å². The highest BCUT2D eigenvalue weighted by Gasteiger charge is 2.18. The highest BCUT2D eigenvalue weighted by molar-refractivity contribution is 7.17. The summed E-state index contributed by atoms with van der Waals surface area (Å²) >= 11 is 1.15. The number of nitrogens with one attached hydrogen (secondary N) is 1. The maximum absolute atomic E-state index is 11.5. The predicted octanol–water partition coefficient (Wildman–Crippen LogP) is 4.45. The third-order valence-corrected chi connectivity index (χ3v) is 5.92. The second-order valence-electron chi connectivity index (χ2n) is 6.79. The minimum Gasteiger partial charge on any atom is -0.492 e. The number of aromatic nitrogens is 3. The summed E-state index contributed by atoms with van der Waals surface area (Å²) in [6, 6.07) is 12.0. The smallest absolute Gasteiger partial charge is 0.349 e. The summed E-state index contributed by atoms with van der Waals surface area (Å²) in [5, 5.41) is 14.0. The van der Waals surface area contributed by atoms with Gasteiger partial charge in [-0.2, -0.15) is 0 Å². The number of hydrogen-bond acceptors (Lipinski definition) is 6. The number of thiophene rings is 1. The van der Waals surface area contributed by atoms with E-state index in [1.807, 2.05) is 13.0 Å². The molecule has 0 atom stereocenters. The summed E-state index contributed by atoms with van der Waals surface area (Å²) in [6.07, 6.45) is 4.41. The zero-order valence-electron chi connectivity index (χ0n) is 16.8. The normalized spacial score (nSPS) is 11.0. The van der Waals surface area contributed by atoms with Gasteiger partial charge in [0.05, 0.1) is 22.7 Å². The molecule has 7 nitrogen and oxygen atoms in total. The second-order valence-corrected chi connectivity index (χ2v) is 7.84. The third-order valence-electron chi connectivity index (χ3n) is 4.79. The van der Waals surface area contributed by atoms with Crippen molar-refractivity contribution in [2.45, 2.75) is 13.3 Å². The number of nitrogens with zero attached hydrogens (tertiary/aromatic N) is 3. The zero-order chi connectivity index (χ0) is 21.1. The van der Waals surface area contributed by atoms with E-state index in [2.05, 4.69) is 57.4 Å². The van der Waals surface area contributed by atoms with Crippen LogP contribution >= 0.6 is 11.3 Å². The maximum Gasteiger partial charge on any atom is 0.349 e. The number of aryl methyl sites for hydroxylation is 1. The van der Waals surface area contributed by atoms with Crippen molar-refractivity contribution in [2.24, 2.45) is 7.05 Å². The molecule has 154 valence electrons. The quantitative estimate of drug-likeness (QED) is 0.436. The van der Waals surface area contributed by atoms with Gasteiger partial charge in [-0.3, -0.25) is 0 Å². The lowest BCUT2D eigenvalue weighted by Gasteiger charge is -2.09. The topological polar surface area (TPSA) is 89.3 Å². The van der Waals surface area contributed by atoms with Crippen LogP contribution in [0.15, 0.2) is 48.9 Å². The summed E-state index contributed by atoms with van der Waals surface area (Å²) in [5.74, 6) is 0.0630. The molecular formula is C22H22N4O3S. The molecule has 0 aliphatic carbocycles. The van der Waals surface area contributed by atoms with Crippen LogP contribution in [-0.4, -0.2) is 38.8 Å². The van der Waals surface area contributed by atoms with Gasteiger partial charge in [0, 0.05) is 31.9 Å². The first-order valence-electron chi connectivity index (χ1n) is 9.66. The Labute approximate surface area is 178 Å². The average molecular weight is 423 g/mol. The number of para-hydroxylation sites is 1. The van der Waals surface area contributed by atoms with Crippen molar-refractivity contribution in [3.05, 3.63) is 59.4 Å². The van der Waals surface area contributed by atoms with Gasteiger partial charge in [-0.15, -0.1) is 11.3 Å².